The van der Waals surface area contributed by atoms with Crippen LogP contribution in [0.1, 0.15) is 37.3 Å². The first-order chi connectivity index (χ1) is 20.1. The Bertz CT molecular complexity index is 1630. The second-order valence-corrected chi connectivity index (χ2v) is 10.6. The van der Waals surface area contributed by atoms with Crippen molar-refractivity contribution >= 4 is 45.9 Å². The lowest BCUT2D eigenvalue weighted by molar-refractivity contribution is -0.109. The molecule has 12 heteroatoms. The number of ketones is 2. The van der Waals surface area contributed by atoms with Crippen molar-refractivity contribution in [3.63, 3.8) is 0 Å². The summed E-state index contributed by atoms with van der Waals surface area (Å²) in [6.07, 6.45) is -6.17. The van der Waals surface area contributed by atoms with Crippen LogP contribution in [0.5, 0.6) is 0 Å². The van der Waals surface area contributed by atoms with Crippen molar-refractivity contribution in [2.75, 3.05) is 5.73 Å². The monoisotopic (exact) mass is 681 g/mol. The van der Waals surface area contributed by atoms with Gasteiger partial charge in [-0.05, 0) is 34.7 Å². The molecule has 214 valence electrons. The summed E-state index contributed by atoms with van der Waals surface area (Å²) in [7, 11) is 0. The summed E-state index contributed by atoms with van der Waals surface area (Å²) in [5.41, 5.74) is 1.93. The third kappa shape index (κ3) is 5.25. The fourth-order valence-corrected chi connectivity index (χ4v) is 5.19. The molecule has 2 heterocycles. The van der Waals surface area contributed by atoms with E-state index in [9.17, 15) is 29.4 Å². The molecule has 11 nitrogen and oxygen atoms in total. The molecule has 1 fully saturated rings. The number of halogens is 1. The topological polar surface area (TPSA) is 171 Å². The van der Waals surface area contributed by atoms with Crippen LogP contribution >= 0.6 is 22.6 Å². The number of carbonyl (C=O) groups excluding carboxylic acids is 3. The maximum atomic E-state index is 14.4. The molecule has 42 heavy (non-hydrogen) atoms. The van der Waals surface area contributed by atoms with Crippen molar-refractivity contribution in [3.8, 4) is 0 Å². The van der Waals surface area contributed by atoms with Gasteiger partial charge in [-0.15, -0.1) is 0 Å². The Labute approximate surface area is 252 Å². The maximum Gasteiger partial charge on any atom is 0.351 e. The minimum Gasteiger partial charge on any atom is -0.435 e. The molecular formula is C30H24IN3O8. The summed E-state index contributed by atoms with van der Waals surface area (Å²) in [4.78, 5) is 58.9. The highest BCUT2D eigenvalue weighted by Gasteiger charge is 2.64. The van der Waals surface area contributed by atoms with E-state index in [1.807, 2.05) is 22.6 Å². The molecule has 4 aromatic rings. The van der Waals surface area contributed by atoms with Gasteiger partial charge in [0, 0.05) is 17.3 Å². The zero-order chi connectivity index (χ0) is 30.0. The summed E-state index contributed by atoms with van der Waals surface area (Å²) >= 11 is 1.82. The standard InChI is InChI=1S/C30H24IN3O8/c31-20-16-34(29(40)33-26(20)32)27-22(36)21(35)25(41-27)30(23(37)17-10-4-1-5-11-17,24(38)18-12-6-2-7-13-18)42-28(39)19-14-8-3-9-15-19/h1-16,21-22,25,27,35-36H,(H2,32,33,40)/t21-,22+,25-,27+/m0/s1. The van der Waals surface area contributed by atoms with Gasteiger partial charge in [-0.2, -0.15) is 4.98 Å². The largest absolute Gasteiger partial charge is 0.435 e. The van der Waals surface area contributed by atoms with Crippen LogP contribution in [0.15, 0.2) is 102 Å². The number of nitrogen functional groups attached to an aromatic ring is 1. The fourth-order valence-electron chi connectivity index (χ4n) is 4.76. The van der Waals surface area contributed by atoms with E-state index in [-0.39, 0.29) is 22.5 Å². The van der Waals surface area contributed by atoms with E-state index >= 15 is 0 Å². The van der Waals surface area contributed by atoms with E-state index in [1.165, 1.54) is 42.6 Å². The molecule has 5 rings (SSSR count). The quantitative estimate of drug-likeness (QED) is 0.109. The fraction of sp³-hybridized carbons (Fsp3) is 0.167. The van der Waals surface area contributed by atoms with E-state index in [0.717, 1.165) is 4.57 Å². The Morgan fingerprint density at radius 1 is 0.833 bits per heavy atom. The van der Waals surface area contributed by atoms with Crippen molar-refractivity contribution in [1.82, 2.24) is 9.55 Å². The van der Waals surface area contributed by atoms with Crippen LogP contribution in [0.25, 0.3) is 0 Å². The number of hydrogen-bond donors (Lipinski definition) is 3. The van der Waals surface area contributed by atoms with Crippen molar-refractivity contribution in [2.24, 2.45) is 0 Å². The van der Waals surface area contributed by atoms with Gasteiger partial charge in [-0.3, -0.25) is 14.2 Å². The van der Waals surface area contributed by atoms with Gasteiger partial charge in [0.25, 0.3) is 5.60 Å². The molecule has 1 aliphatic rings. The molecule has 0 amide bonds. The molecule has 1 saturated heterocycles. The molecule has 1 aromatic heterocycles. The summed E-state index contributed by atoms with van der Waals surface area (Å²) in [6.45, 7) is 0. The molecule has 0 aliphatic carbocycles. The summed E-state index contributed by atoms with van der Waals surface area (Å²) in [6, 6.07) is 22.8. The van der Waals surface area contributed by atoms with Crippen molar-refractivity contribution in [3.05, 3.63) is 128 Å². The number of nitrogens with two attached hydrogens (primary N) is 1. The van der Waals surface area contributed by atoms with Crippen molar-refractivity contribution in [2.45, 2.75) is 30.1 Å². The third-order valence-electron chi connectivity index (χ3n) is 6.86. The van der Waals surface area contributed by atoms with E-state index in [0.29, 0.717) is 3.57 Å². The number of rotatable bonds is 8. The van der Waals surface area contributed by atoms with Crippen LogP contribution in [-0.4, -0.2) is 61.2 Å². The Balaban J connectivity index is 1.72. The second kappa shape index (κ2) is 11.9. The summed E-state index contributed by atoms with van der Waals surface area (Å²) in [5.74, 6) is -3.13. The van der Waals surface area contributed by atoms with Gasteiger partial charge in [-0.1, -0.05) is 78.9 Å². The van der Waals surface area contributed by atoms with Crippen LogP contribution in [-0.2, 0) is 9.47 Å². The molecule has 1 aliphatic heterocycles. The average molecular weight is 681 g/mol. The smallest absolute Gasteiger partial charge is 0.351 e. The minimum atomic E-state index is -2.84. The molecule has 3 aromatic carbocycles. The normalized spacial score (nSPS) is 20.2. The Hall–Kier alpha value is -4.24. The predicted molar refractivity (Wildman–Crippen MR) is 158 cm³/mol. The lowest BCUT2D eigenvalue weighted by Crippen LogP contribution is -2.62. The van der Waals surface area contributed by atoms with E-state index in [4.69, 9.17) is 15.2 Å². The van der Waals surface area contributed by atoms with Gasteiger partial charge in [0.05, 0.1) is 9.13 Å². The second-order valence-electron chi connectivity index (χ2n) is 9.47. The first kappa shape index (κ1) is 29.3. The number of benzene rings is 3. The number of anilines is 1. The number of aliphatic hydroxyl groups excluding tert-OH is 2. The van der Waals surface area contributed by atoms with Crippen LogP contribution in [0.4, 0.5) is 5.82 Å². The molecule has 0 saturated carbocycles. The molecule has 0 unspecified atom stereocenters. The lowest BCUT2D eigenvalue weighted by Gasteiger charge is -2.36. The average Bonchev–Trinajstić information content (AvgIpc) is 3.31. The van der Waals surface area contributed by atoms with Gasteiger partial charge < -0.3 is 25.4 Å². The van der Waals surface area contributed by atoms with E-state index in [1.54, 1.807) is 54.6 Å². The van der Waals surface area contributed by atoms with Crippen LogP contribution in [0.3, 0.4) is 0 Å². The van der Waals surface area contributed by atoms with Gasteiger partial charge in [0.2, 0.25) is 11.6 Å². The van der Waals surface area contributed by atoms with Crippen LogP contribution < -0.4 is 11.4 Å². The zero-order valence-corrected chi connectivity index (χ0v) is 23.9. The maximum absolute atomic E-state index is 14.4. The Morgan fingerprint density at radius 3 is 1.81 bits per heavy atom. The van der Waals surface area contributed by atoms with Crippen molar-refractivity contribution < 1.29 is 34.1 Å². The highest BCUT2D eigenvalue weighted by atomic mass is 127. The number of aromatic nitrogens is 2. The number of nitrogens with zero attached hydrogens (tertiary/aromatic N) is 2. The van der Waals surface area contributed by atoms with Gasteiger partial charge in [0.1, 0.15) is 24.1 Å². The molecule has 0 spiro atoms. The van der Waals surface area contributed by atoms with Gasteiger partial charge in [0.15, 0.2) is 6.23 Å². The third-order valence-corrected chi connectivity index (χ3v) is 7.69. The number of esters is 1. The highest BCUT2D eigenvalue weighted by molar-refractivity contribution is 14.1. The first-order valence-electron chi connectivity index (χ1n) is 12.7. The van der Waals surface area contributed by atoms with Crippen LogP contribution in [0, 0.1) is 3.57 Å². The molecule has 4 N–H and O–H groups in total. The highest BCUT2D eigenvalue weighted by Crippen LogP contribution is 2.40. The van der Waals surface area contributed by atoms with E-state index < -0.39 is 53.4 Å². The SMILES string of the molecule is Nc1nc(=O)n([C@@H]2O[C@H](C(OC(=O)c3ccccc3)(C(=O)c3ccccc3)C(=O)c3ccccc3)[C@@H](O)[C@H]2O)cc1I. The van der Waals surface area contributed by atoms with Gasteiger partial charge in [-0.25, -0.2) is 9.59 Å². The number of ether oxygens (including phenoxy) is 2. The minimum absolute atomic E-state index is 0.0155. The number of carbonyl (C=O) groups is 3. The molecule has 0 bridgehead atoms. The first-order valence-corrected chi connectivity index (χ1v) is 13.8. The molecule has 0 radical (unpaired) electrons. The van der Waals surface area contributed by atoms with Crippen molar-refractivity contribution in [1.29, 1.82) is 0 Å². The summed E-state index contributed by atoms with van der Waals surface area (Å²) < 4.78 is 13.1. The Kier molecular flexibility index (Phi) is 8.31. The van der Waals surface area contributed by atoms with Gasteiger partial charge >= 0.3 is 11.7 Å². The predicted octanol–water partition coefficient (Wildman–Crippen LogP) is 2.41. The number of hydrogen-bond acceptors (Lipinski definition) is 10. The summed E-state index contributed by atoms with van der Waals surface area (Å²) in [5, 5.41) is 22.5. The lowest BCUT2D eigenvalue weighted by atomic mass is 9.78. The van der Waals surface area contributed by atoms with E-state index in [2.05, 4.69) is 4.98 Å². The zero-order valence-electron chi connectivity index (χ0n) is 21.7. The molecule has 4 atom stereocenters. The molecular weight excluding hydrogens is 657 g/mol. The number of aliphatic hydroxyl groups is 2. The number of Topliss-reactive ketones (excluding diaryl/α,β-unsaturated/α-hetero) is 2. The van der Waals surface area contributed by atoms with Crippen LogP contribution in [0.2, 0.25) is 0 Å². The Morgan fingerprint density at radius 2 is 1.31 bits per heavy atom.